The summed E-state index contributed by atoms with van der Waals surface area (Å²) in [5.74, 6) is -1.43. The molecule has 138 valence electrons. The van der Waals surface area contributed by atoms with E-state index in [-0.39, 0.29) is 23.1 Å². The fourth-order valence-electron chi connectivity index (χ4n) is 2.90. The van der Waals surface area contributed by atoms with E-state index >= 15 is 0 Å². The third-order valence-corrected chi connectivity index (χ3v) is 4.58. The number of nitrogens with zero attached hydrogens (tertiary/aromatic N) is 3. The van der Waals surface area contributed by atoms with Gasteiger partial charge in [-0.25, -0.2) is 18.2 Å². The fraction of sp³-hybridized carbons (Fsp3) is 0.471. The van der Waals surface area contributed by atoms with Gasteiger partial charge in [0.1, 0.15) is 30.8 Å². The molecule has 0 unspecified atom stereocenters. The van der Waals surface area contributed by atoms with Gasteiger partial charge in [-0.1, -0.05) is 0 Å². The molecule has 6 nitrogen and oxygen atoms in total. The van der Waals surface area contributed by atoms with E-state index in [4.69, 9.17) is 5.26 Å². The average Bonchev–Trinajstić information content (AvgIpc) is 2.89. The standard InChI is InChI=1S/C17H17F3N4O2/c18-8-17(26,9-19)6-15(25)23-16-22-13-5-12(20)10(7-21)4-14(13)24(16)11-2-1-3-11/h4-5,11,26H,1-3,6,8-9H2,(H,22,23,25). The molecule has 2 aromatic rings. The van der Waals surface area contributed by atoms with Crippen LogP contribution in [0.25, 0.3) is 11.0 Å². The van der Waals surface area contributed by atoms with Crippen molar-refractivity contribution in [1.29, 1.82) is 5.26 Å². The molecule has 1 aromatic carbocycles. The molecule has 0 aliphatic heterocycles. The topological polar surface area (TPSA) is 90.9 Å². The number of carbonyl (C=O) groups excluding carboxylic acids is 1. The Balaban J connectivity index is 1.97. The summed E-state index contributed by atoms with van der Waals surface area (Å²) in [4.78, 5) is 16.3. The quantitative estimate of drug-likeness (QED) is 0.822. The van der Waals surface area contributed by atoms with Crippen LogP contribution in [0.4, 0.5) is 19.1 Å². The van der Waals surface area contributed by atoms with Gasteiger partial charge in [-0.3, -0.25) is 10.1 Å². The molecule has 0 bridgehead atoms. The number of fused-ring (bicyclic) bond motifs is 1. The number of hydrogen-bond donors (Lipinski definition) is 2. The molecule has 1 aliphatic carbocycles. The van der Waals surface area contributed by atoms with E-state index in [0.717, 1.165) is 25.3 Å². The normalized spacial score (nSPS) is 14.9. The van der Waals surface area contributed by atoms with E-state index in [1.807, 2.05) is 0 Å². The first-order valence-electron chi connectivity index (χ1n) is 8.16. The fourth-order valence-corrected chi connectivity index (χ4v) is 2.90. The lowest BCUT2D eigenvalue weighted by Crippen LogP contribution is -2.38. The summed E-state index contributed by atoms with van der Waals surface area (Å²) in [5, 5.41) is 21.1. The van der Waals surface area contributed by atoms with Crippen molar-refractivity contribution in [2.24, 2.45) is 0 Å². The Labute approximate surface area is 147 Å². The van der Waals surface area contributed by atoms with Crippen LogP contribution in [0.5, 0.6) is 0 Å². The Bertz CT molecular complexity index is 882. The van der Waals surface area contributed by atoms with Crippen LogP contribution in [0.3, 0.4) is 0 Å². The van der Waals surface area contributed by atoms with Gasteiger partial charge >= 0.3 is 0 Å². The molecule has 1 fully saturated rings. The third kappa shape index (κ3) is 3.24. The van der Waals surface area contributed by atoms with Crippen LogP contribution in [-0.2, 0) is 4.79 Å². The number of rotatable bonds is 6. The van der Waals surface area contributed by atoms with Gasteiger partial charge in [0, 0.05) is 12.1 Å². The lowest BCUT2D eigenvalue weighted by atomic mass is 9.92. The average molecular weight is 366 g/mol. The molecular weight excluding hydrogens is 349 g/mol. The minimum Gasteiger partial charge on any atom is -0.384 e. The summed E-state index contributed by atoms with van der Waals surface area (Å²) in [6.45, 7) is -2.79. The van der Waals surface area contributed by atoms with Gasteiger partial charge in [-0.2, -0.15) is 5.26 Å². The monoisotopic (exact) mass is 366 g/mol. The van der Waals surface area contributed by atoms with Gasteiger partial charge in [-0.15, -0.1) is 0 Å². The van der Waals surface area contributed by atoms with Crippen LogP contribution in [0, 0.1) is 17.1 Å². The molecule has 9 heteroatoms. The number of alkyl halides is 2. The van der Waals surface area contributed by atoms with E-state index in [0.29, 0.717) is 5.52 Å². The second-order valence-electron chi connectivity index (χ2n) is 6.54. The highest BCUT2D eigenvalue weighted by atomic mass is 19.1. The van der Waals surface area contributed by atoms with E-state index in [1.165, 1.54) is 6.07 Å². The van der Waals surface area contributed by atoms with Gasteiger partial charge in [0.15, 0.2) is 0 Å². The van der Waals surface area contributed by atoms with Crippen molar-refractivity contribution < 1.29 is 23.1 Å². The molecular formula is C17H17F3N4O2. The highest BCUT2D eigenvalue weighted by molar-refractivity contribution is 5.92. The first-order chi connectivity index (χ1) is 12.4. The van der Waals surface area contributed by atoms with Gasteiger partial charge < -0.3 is 9.67 Å². The minimum atomic E-state index is -2.38. The Kier molecular flexibility index (Phi) is 4.87. The maximum atomic E-state index is 13.9. The second-order valence-corrected chi connectivity index (χ2v) is 6.54. The molecule has 3 rings (SSSR count). The highest BCUT2D eigenvalue weighted by Crippen LogP contribution is 2.37. The van der Waals surface area contributed by atoms with Crippen LogP contribution in [0.2, 0.25) is 0 Å². The summed E-state index contributed by atoms with van der Waals surface area (Å²) in [6, 6.07) is 4.26. The van der Waals surface area contributed by atoms with Crippen molar-refractivity contribution in [2.45, 2.75) is 37.3 Å². The largest absolute Gasteiger partial charge is 0.384 e. The van der Waals surface area contributed by atoms with Crippen molar-refractivity contribution >= 4 is 22.9 Å². The van der Waals surface area contributed by atoms with Crippen molar-refractivity contribution in [3.05, 3.63) is 23.5 Å². The number of anilines is 1. The van der Waals surface area contributed by atoms with E-state index in [1.54, 1.807) is 10.6 Å². The number of imidazole rings is 1. The molecule has 2 N–H and O–H groups in total. The van der Waals surface area contributed by atoms with E-state index in [9.17, 15) is 23.1 Å². The Morgan fingerprint density at radius 1 is 1.42 bits per heavy atom. The first kappa shape index (κ1) is 18.2. The first-order valence-corrected chi connectivity index (χ1v) is 8.16. The van der Waals surface area contributed by atoms with Crippen LogP contribution >= 0.6 is 0 Å². The van der Waals surface area contributed by atoms with Crippen LogP contribution in [0.15, 0.2) is 12.1 Å². The molecule has 0 spiro atoms. The summed E-state index contributed by atoms with van der Waals surface area (Å²) < 4.78 is 41.0. The summed E-state index contributed by atoms with van der Waals surface area (Å²) in [7, 11) is 0. The molecule has 0 atom stereocenters. The maximum Gasteiger partial charge on any atom is 0.229 e. The van der Waals surface area contributed by atoms with Crippen molar-refractivity contribution in [1.82, 2.24) is 9.55 Å². The molecule has 1 saturated carbocycles. The number of aromatic nitrogens is 2. The number of halogens is 3. The smallest absolute Gasteiger partial charge is 0.229 e. The molecule has 1 aromatic heterocycles. The van der Waals surface area contributed by atoms with Gasteiger partial charge in [0.05, 0.1) is 23.0 Å². The number of aliphatic hydroxyl groups is 1. The second kappa shape index (κ2) is 6.96. The molecule has 1 heterocycles. The third-order valence-electron chi connectivity index (χ3n) is 4.58. The zero-order chi connectivity index (χ0) is 18.9. The van der Waals surface area contributed by atoms with Gasteiger partial charge in [0.2, 0.25) is 11.9 Å². The highest BCUT2D eigenvalue weighted by Gasteiger charge is 2.32. The SMILES string of the molecule is N#Cc1cc2c(cc1F)nc(NC(=O)CC(O)(CF)CF)n2C1CCC1. The Morgan fingerprint density at radius 3 is 2.65 bits per heavy atom. The Morgan fingerprint density at radius 2 is 2.12 bits per heavy atom. The maximum absolute atomic E-state index is 13.9. The minimum absolute atomic E-state index is 0.0218. The zero-order valence-corrected chi connectivity index (χ0v) is 13.8. The number of amides is 1. The van der Waals surface area contributed by atoms with E-state index < -0.39 is 37.1 Å². The van der Waals surface area contributed by atoms with Crippen molar-refractivity contribution in [2.75, 3.05) is 18.7 Å². The summed E-state index contributed by atoms with van der Waals surface area (Å²) >= 11 is 0. The molecule has 1 amide bonds. The van der Waals surface area contributed by atoms with Crippen molar-refractivity contribution in [3.63, 3.8) is 0 Å². The molecule has 0 saturated heterocycles. The van der Waals surface area contributed by atoms with E-state index in [2.05, 4.69) is 10.3 Å². The number of carbonyl (C=O) groups is 1. The van der Waals surface area contributed by atoms with Crippen LogP contribution in [-0.4, -0.2) is 39.5 Å². The van der Waals surface area contributed by atoms with Gasteiger partial charge in [-0.05, 0) is 25.3 Å². The number of hydrogen-bond acceptors (Lipinski definition) is 4. The molecule has 0 radical (unpaired) electrons. The predicted octanol–water partition coefficient (Wildman–Crippen LogP) is 2.77. The Hall–Kier alpha value is -2.60. The summed E-state index contributed by atoms with van der Waals surface area (Å²) in [6.07, 6.45) is 1.86. The lowest BCUT2D eigenvalue weighted by Gasteiger charge is -2.29. The number of nitriles is 1. The summed E-state index contributed by atoms with van der Waals surface area (Å²) in [5.41, 5.74) is -1.76. The number of benzene rings is 1. The molecule has 1 aliphatic rings. The number of nitrogens with one attached hydrogen (secondary N) is 1. The molecule has 26 heavy (non-hydrogen) atoms. The predicted molar refractivity (Wildman–Crippen MR) is 87.4 cm³/mol. The zero-order valence-electron chi connectivity index (χ0n) is 13.8. The lowest BCUT2D eigenvalue weighted by molar-refractivity contribution is -0.122. The van der Waals surface area contributed by atoms with Crippen LogP contribution < -0.4 is 5.32 Å². The van der Waals surface area contributed by atoms with Gasteiger partial charge in [0.25, 0.3) is 0 Å². The van der Waals surface area contributed by atoms with Crippen molar-refractivity contribution in [3.8, 4) is 6.07 Å². The van der Waals surface area contributed by atoms with Crippen LogP contribution in [0.1, 0.15) is 37.3 Å².